The third-order valence-electron chi connectivity index (χ3n) is 6.52. The molecule has 1 amide bonds. The molecule has 2 N–H and O–H groups in total. The Bertz CT molecular complexity index is 850. The number of piperidine rings is 1. The van der Waals surface area contributed by atoms with Crippen LogP contribution in [0.5, 0.6) is 0 Å². The molecule has 0 atom stereocenters. The predicted molar refractivity (Wildman–Crippen MR) is 113 cm³/mol. The van der Waals surface area contributed by atoms with Crippen molar-refractivity contribution in [3.8, 4) is 0 Å². The summed E-state index contributed by atoms with van der Waals surface area (Å²) in [6.45, 7) is 5.76. The molecule has 1 aromatic heterocycles. The molecule has 1 saturated heterocycles. The second-order valence-electron chi connectivity index (χ2n) is 8.84. The van der Waals surface area contributed by atoms with Gasteiger partial charge in [-0.25, -0.2) is 0 Å². The summed E-state index contributed by atoms with van der Waals surface area (Å²) in [6, 6.07) is 10.9. The molecule has 6 nitrogen and oxygen atoms in total. The number of aromatic nitrogens is 2. The zero-order chi connectivity index (χ0) is 19.6. The molecule has 1 saturated carbocycles. The Morgan fingerprint density at radius 2 is 1.93 bits per heavy atom. The topological polar surface area (TPSA) is 62.2 Å². The van der Waals surface area contributed by atoms with Crippen LogP contribution in [0.1, 0.15) is 53.0 Å². The summed E-state index contributed by atoms with van der Waals surface area (Å²) in [5.74, 6) is 0.778. The Morgan fingerprint density at radius 1 is 1.14 bits per heavy atom. The van der Waals surface area contributed by atoms with Crippen LogP contribution in [0.25, 0.3) is 0 Å². The van der Waals surface area contributed by atoms with Gasteiger partial charge in [0.05, 0.1) is 0 Å². The molecule has 1 aliphatic carbocycles. The summed E-state index contributed by atoms with van der Waals surface area (Å²) >= 11 is 0. The number of likely N-dealkylation sites (tertiary alicyclic amines) is 1. The average Bonchev–Trinajstić information content (AvgIpc) is 3.50. The second kappa shape index (κ2) is 8.28. The lowest BCUT2D eigenvalue weighted by molar-refractivity contribution is 0.0902. The van der Waals surface area contributed by atoms with Crippen molar-refractivity contribution in [1.29, 1.82) is 0 Å². The van der Waals surface area contributed by atoms with Crippen LogP contribution in [-0.2, 0) is 26.1 Å². The molecule has 6 heteroatoms. The Labute approximate surface area is 172 Å². The van der Waals surface area contributed by atoms with Crippen molar-refractivity contribution < 1.29 is 4.79 Å². The van der Waals surface area contributed by atoms with Gasteiger partial charge in [-0.15, -0.1) is 0 Å². The molecular formula is C23H31N5O. The normalized spacial score (nSPS) is 20.4. The predicted octanol–water partition coefficient (Wildman–Crippen LogP) is 2.33. The van der Waals surface area contributed by atoms with E-state index < -0.39 is 0 Å². The van der Waals surface area contributed by atoms with Crippen LogP contribution in [0.2, 0.25) is 0 Å². The molecule has 0 bridgehead atoms. The van der Waals surface area contributed by atoms with Gasteiger partial charge >= 0.3 is 0 Å². The molecular weight excluding hydrogens is 362 g/mol. The van der Waals surface area contributed by atoms with Gasteiger partial charge in [0.25, 0.3) is 5.91 Å². The Hall–Kier alpha value is -2.18. The van der Waals surface area contributed by atoms with E-state index in [4.69, 9.17) is 5.10 Å². The maximum atomic E-state index is 13.0. The SMILES string of the molecule is O=C(NC1CCN(Cc2ccccc2)CC1)c1nn(CC2CC2)c2c1CNCC2. The van der Waals surface area contributed by atoms with E-state index >= 15 is 0 Å². The highest BCUT2D eigenvalue weighted by Gasteiger charge is 2.30. The minimum atomic E-state index is 0.0148. The van der Waals surface area contributed by atoms with Crippen LogP contribution in [0, 0.1) is 5.92 Å². The van der Waals surface area contributed by atoms with Gasteiger partial charge in [-0.2, -0.15) is 5.10 Å². The highest BCUT2D eigenvalue weighted by molar-refractivity contribution is 5.94. The first-order valence-electron chi connectivity index (χ1n) is 11.1. The number of benzene rings is 1. The molecule has 0 spiro atoms. The van der Waals surface area contributed by atoms with Crippen molar-refractivity contribution in [2.45, 2.75) is 57.8 Å². The molecule has 2 aliphatic heterocycles. The lowest BCUT2D eigenvalue weighted by Crippen LogP contribution is -2.44. The highest BCUT2D eigenvalue weighted by atomic mass is 16.2. The fraction of sp³-hybridized carbons (Fsp3) is 0.565. The molecule has 2 aromatic rings. The molecule has 29 heavy (non-hydrogen) atoms. The van der Waals surface area contributed by atoms with Crippen LogP contribution in [0.3, 0.4) is 0 Å². The van der Waals surface area contributed by atoms with Gasteiger partial charge < -0.3 is 10.6 Å². The minimum Gasteiger partial charge on any atom is -0.348 e. The number of rotatable bonds is 6. The Morgan fingerprint density at radius 3 is 2.69 bits per heavy atom. The largest absolute Gasteiger partial charge is 0.348 e. The summed E-state index contributed by atoms with van der Waals surface area (Å²) in [7, 11) is 0. The van der Waals surface area contributed by atoms with Crippen molar-refractivity contribution >= 4 is 5.91 Å². The van der Waals surface area contributed by atoms with E-state index in [9.17, 15) is 4.79 Å². The Kier molecular flexibility index (Phi) is 5.38. The Balaban J connectivity index is 1.19. The van der Waals surface area contributed by atoms with Crippen LogP contribution >= 0.6 is 0 Å². The summed E-state index contributed by atoms with van der Waals surface area (Å²) in [5.41, 5.74) is 4.41. The summed E-state index contributed by atoms with van der Waals surface area (Å²) in [4.78, 5) is 15.5. The van der Waals surface area contributed by atoms with E-state index in [2.05, 4.69) is 50.5 Å². The van der Waals surface area contributed by atoms with Gasteiger partial charge in [0.15, 0.2) is 5.69 Å². The lowest BCUT2D eigenvalue weighted by Gasteiger charge is -2.32. The first kappa shape index (κ1) is 18.8. The van der Waals surface area contributed by atoms with E-state index in [0.29, 0.717) is 5.69 Å². The maximum Gasteiger partial charge on any atom is 0.272 e. The van der Waals surface area contributed by atoms with Crippen LogP contribution in [0.15, 0.2) is 30.3 Å². The zero-order valence-electron chi connectivity index (χ0n) is 17.1. The lowest BCUT2D eigenvalue weighted by atomic mass is 10.0. The maximum absolute atomic E-state index is 13.0. The summed E-state index contributed by atoms with van der Waals surface area (Å²) in [5, 5.41) is 11.5. The molecule has 5 rings (SSSR count). The number of hydrogen-bond acceptors (Lipinski definition) is 4. The standard InChI is InChI=1S/C23H31N5O/c29-23(22-20-14-24-11-8-21(20)28(26-22)16-18-6-7-18)25-19-9-12-27(13-10-19)15-17-4-2-1-3-5-17/h1-5,18-19,24H,6-16H2,(H,25,29). The van der Waals surface area contributed by atoms with Gasteiger partial charge in [-0.1, -0.05) is 30.3 Å². The van der Waals surface area contributed by atoms with E-state index in [1.165, 1.54) is 24.1 Å². The van der Waals surface area contributed by atoms with E-state index in [0.717, 1.165) is 70.0 Å². The van der Waals surface area contributed by atoms with E-state index in [1.807, 2.05) is 0 Å². The highest BCUT2D eigenvalue weighted by Crippen LogP contribution is 2.32. The monoisotopic (exact) mass is 393 g/mol. The minimum absolute atomic E-state index is 0.0148. The van der Waals surface area contributed by atoms with Gasteiger partial charge in [0, 0.05) is 63.0 Å². The average molecular weight is 394 g/mol. The summed E-state index contributed by atoms with van der Waals surface area (Å²) < 4.78 is 2.13. The molecule has 0 unspecified atom stereocenters. The zero-order valence-corrected chi connectivity index (χ0v) is 17.1. The van der Waals surface area contributed by atoms with Crippen molar-refractivity contribution in [3.05, 3.63) is 52.8 Å². The van der Waals surface area contributed by atoms with Crippen LogP contribution in [0.4, 0.5) is 0 Å². The first-order valence-corrected chi connectivity index (χ1v) is 11.1. The van der Waals surface area contributed by atoms with Gasteiger partial charge in [-0.3, -0.25) is 14.4 Å². The van der Waals surface area contributed by atoms with E-state index in [1.54, 1.807) is 0 Å². The molecule has 3 heterocycles. The molecule has 1 aromatic carbocycles. The third kappa shape index (κ3) is 4.38. The fourth-order valence-corrected chi connectivity index (χ4v) is 4.63. The number of nitrogens with one attached hydrogen (secondary N) is 2. The number of nitrogens with zero attached hydrogens (tertiary/aromatic N) is 3. The van der Waals surface area contributed by atoms with Crippen molar-refractivity contribution in [3.63, 3.8) is 0 Å². The van der Waals surface area contributed by atoms with Gasteiger partial charge in [-0.05, 0) is 37.2 Å². The number of amides is 1. The van der Waals surface area contributed by atoms with E-state index in [-0.39, 0.29) is 11.9 Å². The number of carbonyl (C=O) groups is 1. The molecule has 154 valence electrons. The van der Waals surface area contributed by atoms with Gasteiger partial charge in [0.2, 0.25) is 0 Å². The smallest absolute Gasteiger partial charge is 0.272 e. The third-order valence-corrected chi connectivity index (χ3v) is 6.52. The fourth-order valence-electron chi connectivity index (χ4n) is 4.63. The number of carbonyl (C=O) groups excluding carboxylic acids is 1. The molecule has 3 aliphatic rings. The number of fused-ring (bicyclic) bond motifs is 1. The first-order chi connectivity index (χ1) is 14.3. The quantitative estimate of drug-likeness (QED) is 0.791. The second-order valence-corrected chi connectivity index (χ2v) is 8.84. The summed E-state index contributed by atoms with van der Waals surface area (Å²) in [6.07, 6.45) is 5.58. The van der Waals surface area contributed by atoms with Crippen molar-refractivity contribution in [2.24, 2.45) is 5.92 Å². The molecule has 0 radical (unpaired) electrons. The molecule has 2 fully saturated rings. The van der Waals surface area contributed by atoms with Crippen molar-refractivity contribution in [1.82, 2.24) is 25.3 Å². The van der Waals surface area contributed by atoms with Crippen molar-refractivity contribution in [2.75, 3.05) is 19.6 Å². The number of hydrogen-bond donors (Lipinski definition) is 2. The van der Waals surface area contributed by atoms with Crippen LogP contribution in [-0.4, -0.2) is 46.3 Å². The van der Waals surface area contributed by atoms with Crippen LogP contribution < -0.4 is 10.6 Å². The van der Waals surface area contributed by atoms with Gasteiger partial charge in [0.1, 0.15) is 0 Å².